The van der Waals surface area contributed by atoms with Crippen LogP contribution in [-0.4, -0.2) is 0 Å². The highest BCUT2D eigenvalue weighted by Gasteiger charge is 2.48. The van der Waals surface area contributed by atoms with Crippen molar-refractivity contribution in [2.24, 2.45) is 0 Å². The Labute approximate surface area is 311 Å². The summed E-state index contributed by atoms with van der Waals surface area (Å²) in [6.07, 6.45) is 0. The molecule has 0 spiro atoms. The quantitative estimate of drug-likeness (QED) is 0.172. The minimum absolute atomic E-state index is 0.0239. The molecule has 3 heterocycles. The van der Waals surface area contributed by atoms with Crippen LogP contribution < -0.4 is 15.1 Å². The molecule has 0 unspecified atom stereocenters. The Bertz CT molecular complexity index is 2960. The first-order valence-corrected chi connectivity index (χ1v) is 18.2. The van der Waals surface area contributed by atoms with Gasteiger partial charge in [-0.3, -0.25) is 4.79 Å². The van der Waals surface area contributed by atoms with Gasteiger partial charge >= 0.3 is 0 Å². The molecule has 9 aromatic rings. The Morgan fingerprint density at radius 3 is 1.83 bits per heavy atom. The van der Waals surface area contributed by atoms with Crippen molar-refractivity contribution < 1.29 is 9.15 Å². The summed E-state index contributed by atoms with van der Waals surface area (Å²) in [6.45, 7) is 0. The first-order chi connectivity index (χ1) is 26.7. The summed E-state index contributed by atoms with van der Waals surface area (Å²) in [5.74, 6) is 1.61. The molecular formula is C50H31NO3. The average molecular weight is 694 g/mol. The predicted octanol–water partition coefficient (Wildman–Crippen LogP) is 12.6. The lowest BCUT2D eigenvalue weighted by molar-refractivity contribution is 0.473. The van der Waals surface area contributed by atoms with E-state index >= 15 is 0 Å². The van der Waals surface area contributed by atoms with Gasteiger partial charge in [-0.05, 0) is 99.1 Å². The van der Waals surface area contributed by atoms with E-state index in [-0.39, 0.29) is 5.43 Å². The van der Waals surface area contributed by atoms with Crippen molar-refractivity contribution in [3.05, 3.63) is 221 Å². The van der Waals surface area contributed by atoms with E-state index in [9.17, 15) is 4.79 Å². The van der Waals surface area contributed by atoms with Crippen molar-refractivity contribution in [1.29, 1.82) is 0 Å². The number of ether oxygens (including phenoxy) is 1. The molecule has 0 aliphatic carbocycles. The van der Waals surface area contributed by atoms with Crippen LogP contribution in [0.25, 0.3) is 44.2 Å². The molecule has 1 aromatic heterocycles. The van der Waals surface area contributed by atoms with Gasteiger partial charge in [0.2, 0.25) is 5.43 Å². The number of benzene rings is 8. The maximum atomic E-state index is 13.4. The highest BCUT2D eigenvalue weighted by Crippen LogP contribution is 2.63. The van der Waals surface area contributed by atoms with Crippen LogP contribution in [0.1, 0.15) is 22.3 Å². The molecule has 0 atom stereocenters. The smallest absolute Gasteiger partial charge is 0.200 e. The van der Waals surface area contributed by atoms with Gasteiger partial charge in [0, 0.05) is 0 Å². The fourth-order valence-electron chi connectivity index (χ4n) is 8.74. The summed E-state index contributed by atoms with van der Waals surface area (Å²) in [5.41, 5.74) is 12.6. The second-order valence-corrected chi connectivity index (χ2v) is 14.0. The van der Waals surface area contributed by atoms with Crippen LogP contribution in [0.4, 0.5) is 17.1 Å². The van der Waals surface area contributed by atoms with Crippen LogP contribution in [0.2, 0.25) is 0 Å². The molecule has 254 valence electrons. The second kappa shape index (κ2) is 11.7. The lowest BCUT2D eigenvalue weighted by Crippen LogP contribution is -2.38. The third-order valence-electron chi connectivity index (χ3n) is 11.1. The van der Waals surface area contributed by atoms with E-state index in [2.05, 4.69) is 150 Å². The zero-order valence-electron chi connectivity index (χ0n) is 29.1. The van der Waals surface area contributed by atoms with Crippen LogP contribution >= 0.6 is 0 Å². The Morgan fingerprint density at radius 2 is 1.04 bits per heavy atom. The molecule has 8 aromatic carbocycles. The number of hydrogen-bond donors (Lipinski definition) is 0. The summed E-state index contributed by atoms with van der Waals surface area (Å²) in [4.78, 5) is 15.8. The van der Waals surface area contributed by atoms with E-state index in [1.54, 1.807) is 0 Å². The largest absolute Gasteiger partial charge is 0.456 e. The molecule has 54 heavy (non-hydrogen) atoms. The van der Waals surface area contributed by atoms with Crippen LogP contribution in [0.15, 0.2) is 197 Å². The molecule has 0 fully saturated rings. The number of fused-ring (bicyclic) bond motifs is 6. The standard InChI is InChI=1S/C50H31NO3/c52-49-38-19-7-10-23-44(38)53-45-28-26-34(30-39(45)49)32-13-11-14-33(29-32)35-25-27-43-47(31-35)54-46-24-12-21-41-48(46)51(43)42-22-9-8-20-40(42)50(41,36-15-3-1-4-16-36)37-17-5-2-6-18-37/h1-31H. The van der Waals surface area contributed by atoms with Crippen molar-refractivity contribution in [3.8, 4) is 33.8 Å². The maximum Gasteiger partial charge on any atom is 0.200 e. The Kier molecular flexibility index (Phi) is 6.58. The van der Waals surface area contributed by atoms with Crippen LogP contribution in [0.5, 0.6) is 11.5 Å². The lowest BCUT2D eigenvalue weighted by Gasteiger charge is -2.48. The molecule has 4 nitrogen and oxygen atoms in total. The first kappa shape index (κ1) is 30.5. The summed E-state index contributed by atoms with van der Waals surface area (Å²) >= 11 is 0. The van der Waals surface area contributed by atoms with Crippen LogP contribution in [0.3, 0.4) is 0 Å². The minimum atomic E-state index is -0.557. The average Bonchev–Trinajstić information content (AvgIpc) is 3.24. The normalized spacial score (nSPS) is 13.5. The molecule has 4 heteroatoms. The van der Waals surface area contributed by atoms with E-state index in [0.29, 0.717) is 21.9 Å². The summed E-state index contributed by atoms with van der Waals surface area (Å²) in [7, 11) is 0. The molecule has 0 saturated heterocycles. The van der Waals surface area contributed by atoms with Crippen molar-refractivity contribution in [1.82, 2.24) is 0 Å². The molecule has 0 bridgehead atoms. The van der Waals surface area contributed by atoms with E-state index in [4.69, 9.17) is 9.15 Å². The third kappa shape index (κ3) is 4.34. The number of hydrogen-bond acceptors (Lipinski definition) is 4. The molecule has 2 aliphatic heterocycles. The summed E-state index contributed by atoms with van der Waals surface area (Å²) in [6, 6.07) is 65.1. The Balaban J connectivity index is 1.04. The van der Waals surface area contributed by atoms with Gasteiger partial charge in [-0.1, -0.05) is 133 Å². The SMILES string of the molecule is O=c1c2ccccc2oc2ccc(-c3cccc(-c4ccc5c(c4)Oc4cccc6c4N5c4ccccc4C6(c4ccccc4)c4ccccc4)c3)cc12. The highest BCUT2D eigenvalue weighted by atomic mass is 16.5. The number of rotatable bonds is 4. The lowest BCUT2D eigenvalue weighted by atomic mass is 9.62. The van der Waals surface area contributed by atoms with E-state index < -0.39 is 5.41 Å². The topological polar surface area (TPSA) is 42.7 Å². The fraction of sp³-hybridized carbons (Fsp3) is 0.0200. The van der Waals surface area contributed by atoms with E-state index in [0.717, 1.165) is 50.8 Å². The van der Waals surface area contributed by atoms with Gasteiger partial charge in [0.1, 0.15) is 11.2 Å². The van der Waals surface area contributed by atoms with Gasteiger partial charge in [-0.25, -0.2) is 0 Å². The third-order valence-corrected chi connectivity index (χ3v) is 11.1. The van der Waals surface area contributed by atoms with Gasteiger partial charge in [-0.15, -0.1) is 0 Å². The molecule has 0 amide bonds. The molecule has 0 saturated carbocycles. The van der Waals surface area contributed by atoms with Crippen molar-refractivity contribution >= 4 is 39.0 Å². The second-order valence-electron chi connectivity index (χ2n) is 14.0. The Hall–Kier alpha value is -7.17. The van der Waals surface area contributed by atoms with Gasteiger partial charge in [0.15, 0.2) is 11.5 Å². The van der Waals surface area contributed by atoms with E-state index in [1.165, 1.54) is 22.3 Å². The number of nitrogens with zero attached hydrogens (tertiary/aromatic N) is 1. The van der Waals surface area contributed by atoms with E-state index in [1.807, 2.05) is 42.5 Å². The van der Waals surface area contributed by atoms with Gasteiger partial charge in [0.05, 0.1) is 33.2 Å². The molecule has 2 aliphatic rings. The zero-order valence-corrected chi connectivity index (χ0v) is 29.1. The monoisotopic (exact) mass is 693 g/mol. The highest BCUT2D eigenvalue weighted by molar-refractivity contribution is 5.97. The van der Waals surface area contributed by atoms with Crippen molar-refractivity contribution in [2.45, 2.75) is 5.41 Å². The Morgan fingerprint density at radius 1 is 0.426 bits per heavy atom. The van der Waals surface area contributed by atoms with Crippen molar-refractivity contribution in [2.75, 3.05) is 4.90 Å². The fourth-order valence-corrected chi connectivity index (χ4v) is 8.74. The molecule has 11 rings (SSSR count). The first-order valence-electron chi connectivity index (χ1n) is 18.2. The van der Waals surface area contributed by atoms with Crippen LogP contribution in [0, 0.1) is 0 Å². The predicted molar refractivity (Wildman–Crippen MR) is 217 cm³/mol. The summed E-state index contributed by atoms with van der Waals surface area (Å²) < 4.78 is 13.0. The molecule has 0 radical (unpaired) electrons. The molecule has 0 N–H and O–H groups in total. The van der Waals surface area contributed by atoms with Gasteiger partial charge in [-0.2, -0.15) is 0 Å². The zero-order chi connectivity index (χ0) is 35.8. The van der Waals surface area contributed by atoms with Crippen molar-refractivity contribution in [3.63, 3.8) is 0 Å². The van der Waals surface area contributed by atoms with Crippen LogP contribution in [-0.2, 0) is 5.41 Å². The number of anilines is 3. The number of para-hydroxylation sites is 3. The molecular weight excluding hydrogens is 663 g/mol. The minimum Gasteiger partial charge on any atom is -0.456 e. The maximum absolute atomic E-state index is 13.4. The summed E-state index contributed by atoms with van der Waals surface area (Å²) in [5, 5.41) is 1.16. The van der Waals surface area contributed by atoms with Gasteiger partial charge in [0.25, 0.3) is 0 Å². The van der Waals surface area contributed by atoms with Gasteiger partial charge < -0.3 is 14.1 Å².